The van der Waals surface area contributed by atoms with Crippen LogP contribution in [0.2, 0.25) is 0 Å². The Morgan fingerprint density at radius 2 is 2.17 bits per heavy atom. The molecule has 1 saturated heterocycles. The SMILES string of the molecule is Cc1c(CNC[C@@H](c2cccs2)N2CCCC2)cc(C#N)n1C. The summed E-state index contributed by atoms with van der Waals surface area (Å²) in [7, 11) is 1.95. The van der Waals surface area contributed by atoms with Crippen LogP contribution in [0.3, 0.4) is 0 Å². The van der Waals surface area contributed by atoms with Crippen LogP contribution in [0, 0.1) is 18.3 Å². The zero-order valence-corrected chi connectivity index (χ0v) is 14.7. The normalized spacial score (nSPS) is 16.6. The first-order chi connectivity index (χ1) is 11.2. The van der Waals surface area contributed by atoms with Crippen LogP contribution in [0.25, 0.3) is 0 Å². The zero-order valence-electron chi connectivity index (χ0n) is 13.9. The molecular weight excluding hydrogens is 304 g/mol. The summed E-state index contributed by atoms with van der Waals surface area (Å²) in [6, 6.07) is 9.11. The minimum atomic E-state index is 0.469. The maximum Gasteiger partial charge on any atom is 0.120 e. The lowest BCUT2D eigenvalue weighted by molar-refractivity contribution is 0.241. The van der Waals surface area contributed by atoms with Crippen molar-refractivity contribution in [1.29, 1.82) is 5.26 Å². The van der Waals surface area contributed by atoms with Crippen molar-refractivity contribution in [2.24, 2.45) is 7.05 Å². The molecule has 3 heterocycles. The first kappa shape index (κ1) is 16.3. The molecule has 3 rings (SSSR count). The Labute approximate surface area is 142 Å². The molecule has 5 heteroatoms. The Hall–Kier alpha value is -1.61. The summed E-state index contributed by atoms with van der Waals surface area (Å²) in [6.07, 6.45) is 2.62. The van der Waals surface area contributed by atoms with Crippen molar-refractivity contribution in [3.8, 4) is 6.07 Å². The van der Waals surface area contributed by atoms with Crippen molar-refractivity contribution < 1.29 is 0 Å². The lowest BCUT2D eigenvalue weighted by Gasteiger charge is -2.27. The van der Waals surface area contributed by atoms with Crippen molar-refractivity contribution >= 4 is 11.3 Å². The van der Waals surface area contributed by atoms with E-state index in [9.17, 15) is 0 Å². The Morgan fingerprint density at radius 3 is 2.78 bits per heavy atom. The van der Waals surface area contributed by atoms with E-state index in [-0.39, 0.29) is 0 Å². The summed E-state index contributed by atoms with van der Waals surface area (Å²) in [5.74, 6) is 0. The third-order valence-electron chi connectivity index (χ3n) is 4.86. The van der Waals surface area contributed by atoms with Gasteiger partial charge in [0.25, 0.3) is 0 Å². The van der Waals surface area contributed by atoms with E-state index in [1.54, 1.807) is 0 Å². The van der Waals surface area contributed by atoms with Crippen LogP contribution in [0.5, 0.6) is 0 Å². The number of hydrogen-bond donors (Lipinski definition) is 1. The maximum atomic E-state index is 9.14. The molecule has 1 atom stereocenters. The highest BCUT2D eigenvalue weighted by Gasteiger charge is 2.23. The lowest BCUT2D eigenvalue weighted by atomic mass is 10.2. The van der Waals surface area contributed by atoms with Crippen LogP contribution in [0.15, 0.2) is 23.6 Å². The quantitative estimate of drug-likeness (QED) is 0.885. The molecule has 2 aromatic heterocycles. The number of nitrogens with zero attached hydrogens (tertiary/aromatic N) is 3. The van der Waals surface area contributed by atoms with Crippen molar-refractivity contribution in [2.45, 2.75) is 32.4 Å². The first-order valence-corrected chi connectivity index (χ1v) is 9.12. The summed E-state index contributed by atoms with van der Waals surface area (Å²) >= 11 is 1.85. The molecule has 1 N–H and O–H groups in total. The topological polar surface area (TPSA) is 44.0 Å². The predicted molar refractivity (Wildman–Crippen MR) is 94.4 cm³/mol. The zero-order chi connectivity index (χ0) is 16.2. The van der Waals surface area contributed by atoms with Gasteiger partial charge in [0.05, 0.1) is 6.04 Å². The number of nitrogens with one attached hydrogen (secondary N) is 1. The second-order valence-electron chi connectivity index (χ2n) is 6.22. The molecule has 1 fully saturated rings. The molecule has 2 aromatic rings. The lowest BCUT2D eigenvalue weighted by Crippen LogP contribution is -2.33. The number of aromatic nitrogens is 1. The minimum absolute atomic E-state index is 0.469. The molecule has 23 heavy (non-hydrogen) atoms. The van der Waals surface area contributed by atoms with Crippen LogP contribution in [-0.4, -0.2) is 29.1 Å². The van der Waals surface area contributed by atoms with E-state index in [2.05, 4.69) is 40.7 Å². The Balaban J connectivity index is 1.64. The summed E-state index contributed by atoms with van der Waals surface area (Å²) < 4.78 is 1.97. The van der Waals surface area contributed by atoms with Gasteiger partial charge in [-0.15, -0.1) is 11.3 Å². The molecule has 0 radical (unpaired) electrons. The van der Waals surface area contributed by atoms with Gasteiger partial charge in [0.15, 0.2) is 0 Å². The third-order valence-corrected chi connectivity index (χ3v) is 5.83. The van der Waals surface area contributed by atoms with E-state index in [1.807, 2.05) is 29.0 Å². The first-order valence-electron chi connectivity index (χ1n) is 8.24. The van der Waals surface area contributed by atoms with Crippen LogP contribution in [-0.2, 0) is 13.6 Å². The average Bonchev–Trinajstić information content (AvgIpc) is 3.30. The van der Waals surface area contributed by atoms with Crippen LogP contribution >= 0.6 is 11.3 Å². The Bertz CT molecular complexity index is 675. The number of hydrogen-bond acceptors (Lipinski definition) is 4. The van der Waals surface area contributed by atoms with Gasteiger partial charge in [0, 0.05) is 30.7 Å². The van der Waals surface area contributed by atoms with Crippen LogP contribution < -0.4 is 5.32 Å². The van der Waals surface area contributed by atoms with E-state index in [1.165, 1.54) is 42.1 Å². The predicted octanol–water partition coefficient (Wildman–Crippen LogP) is 3.19. The van der Waals surface area contributed by atoms with E-state index in [4.69, 9.17) is 5.26 Å². The number of thiophene rings is 1. The van der Waals surface area contributed by atoms with Crippen LogP contribution in [0.1, 0.15) is 40.7 Å². The molecule has 0 aliphatic carbocycles. The second kappa shape index (κ2) is 7.31. The van der Waals surface area contributed by atoms with E-state index in [0.717, 1.165) is 18.8 Å². The number of nitriles is 1. The van der Waals surface area contributed by atoms with Crippen molar-refractivity contribution in [3.63, 3.8) is 0 Å². The monoisotopic (exact) mass is 328 g/mol. The van der Waals surface area contributed by atoms with E-state index >= 15 is 0 Å². The van der Waals surface area contributed by atoms with Gasteiger partial charge in [0.2, 0.25) is 0 Å². The minimum Gasteiger partial charge on any atom is -0.340 e. The van der Waals surface area contributed by atoms with Gasteiger partial charge in [0.1, 0.15) is 11.8 Å². The highest BCUT2D eigenvalue weighted by molar-refractivity contribution is 7.10. The Morgan fingerprint density at radius 1 is 1.39 bits per heavy atom. The molecule has 1 aliphatic rings. The smallest absolute Gasteiger partial charge is 0.120 e. The average molecular weight is 328 g/mol. The second-order valence-corrected chi connectivity index (χ2v) is 7.20. The van der Waals surface area contributed by atoms with Crippen molar-refractivity contribution in [3.05, 3.63) is 45.4 Å². The fourth-order valence-corrected chi connectivity index (χ4v) is 4.20. The molecule has 0 amide bonds. The molecular formula is C18H24N4S. The Kier molecular flexibility index (Phi) is 5.16. The molecule has 0 spiro atoms. The summed E-state index contributed by atoms with van der Waals surface area (Å²) in [5.41, 5.74) is 3.12. The molecule has 0 bridgehead atoms. The summed E-state index contributed by atoms with van der Waals surface area (Å²) in [5, 5.41) is 14.9. The van der Waals surface area contributed by atoms with Gasteiger partial charge in [-0.25, -0.2) is 0 Å². The van der Waals surface area contributed by atoms with E-state index in [0.29, 0.717) is 6.04 Å². The standard InChI is InChI=1S/C18H24N4S/c1-14-15(10-16(11-19)21(14)2)12-20-13-17(18-6-5-9-23-18)22-7-3-4-8-22/h5-6,9-10,17,20H,3-4,7-8,12-13H2,1-2H3/t17-/m0/s1. The molecule has 1 aliphatic heterocycles. The molecule has 0 unspecified atom stereocenters. The van der Waals surface area contributed by atoms with Crippen molar-refractivity contribution in [2.75, 3.05) is 19.6 Å². The van der Waals surface area contributed by atoms with Crippen molar-refractivity contribution in [1.82, 2.24) is 14.8 Å². The highest BCUT2D eigenvalue weighted by Crippen LogP contribution is 2.28. The van der Waals surface area contributed by atoms with Gasteiger partial charge in [-0.05, 0) is 55.9 Å². The third kappa shape index (κ3) is 3.50. The highest BCUT2D eigenvalue weighted by atomic mass is 32.1. The van der Waals surface area contributed by atoms with Gasteiger partial charge < -0.3 is 9.88 Å². The number of likely N-dealkylation sites (tertiary alicyclic amines) is 1. The fourth-order valence-electron chi connectivity index (χ4n) is 3.34. The number of rotatable bonds is 6. The van der Waals surface area contributed by atoms with E-state index < -0.39 is 0 Å². The van der Waals surface area contributed by atoms with Gasteiger partial charge >= 0.3 is 0 Å². The van der Waals surface area contributed by atoms with Gasteiger partial charge in [-0.1, -0.05) is 6.07 Å². The summed E-state index contributed by atoms with van der Waals surface area (Å²) in [4.78, 5) is 4.04. The largest absolute Gasteiger partial charge is 0.340 e. The molecule has 0 aromatic carbocycles. The van der Waals surface area contributed by atoms with Crippen LogP contribution in [0.4, 0.5) is 0 Å². The summed E-state index contributed by atoms with van der Waals surface area (Å²) in [6.45, 7) is 6.25. The van der Waals surface area contributed by atoms with Gasteiger partial charge in [-0.3, -0.25) is 4.90 Å². The molecule has 0 saturated carbocycles. The fraction of sp³-hybridized carbons (Fsp3) is 0.500. The molecule has 4 nitrogen and oxygen atoms in total. The maximum absolute atomic E-state index is 9.14. The molecule has 122 valence electrons. The van der Waals surface area contributed by atoms with Gasteiger partial charge in [-0.2, -0.15) is 5.26 Å².